The quantitative estimate of drug-likeness (QED) is 0.687. The Balaban J connectivity index is 4.52. The summed E-state index contributed by atoms with van der Waals surface area (Å²) in [6.07, 6.45) is 1.49. The lowest BCUT2D eigenvalue weighted by Gasteiger charge is -2.40. The van der Waals surface area contributed by atoms with Gasteiger partial charge in [0.15, 0.2) is 0 Å². The van der Waals surface area contributed by atoms with Crippen LogP contribution < -0.4 is 10.6 Å². The third-order valence-corrected chi connectivity index (χ3v) is 2.78. The highest BCUT2D eigenvalue weighted by Crippen LogP contribution is 2.21. The number of rotatable bonds is 5. The van der Waals surface area contributed by atoms with Crippen LogP contribution in [0.1, 0.15) is 61.8 Å². The average molecular weight is 214 g/mol. The average Bonchev–Trinajstić information content (AvgIpc) is 2.00. The molecule has 1 unspecified atom stereocenters. The fourth-order valence-corrected chi connectivity index (χ4v) is 1.33. The molecule has 2 nitrogen and oxygen atoms in total. The summed E-state index contributed by atoms with van der Waals surface area (Å²) in [5, 5.41) is 7.30. The molecule has 0 spiro atoms. The first kappa shape index (κ1) is 14.9. The molecule has 92 valence electrons. The Kier molecular flexibility index (Phi) is 5.28. The monoisotopic (exact) mass is 214 g/mol. The highest BCUT2D eigenvalue weighted by Gasteiger charge is 2.29. The van der Waals surface area contributed by atoms with E-state index in [4.69, 9.17) is 0 Å². The minimum atomic E-state index is 0.194. The molecule has 2 N–H and O–H groups in total. The largest absolute Gasteiger partial charge is 0.299 e. The van der Waals surface area contributed by atoms with Crippen LogP contribution in [0, 0.1) is 5.41 Å². The smallest absolute Gasteiger partial charge is 0.0627 e. The maximum absolute atomic E-state index is 3.70. The van der Waals surface area contributed by atoms with Gasteiger partial charge >= 0.3 is 0 Å². The van der Waals surface area contributed by atoms with Crippen molar-refractivity contribution in [1.82, 2.24) is 10.6 Å². The SMILES string of the molecule is CCC(C)(C)NC(NC(C)C)C(C)(C)C. The molecule has 0 aromatic heterocycles. The molecule has 15 heavy (non-hydrogen) atoms. The van der Waals surface area contributed by atoms with E-state index in [-0.39, 0.29) is 11.0 Å². The molecule has 0 bridgehead atoms. The third-order valence-electron chi connectivity index (χ3n) is 2.78. The van der Waals surface area contributed by atoms with Gasteiger partial charge in [0.2, 0.25) is 0 Å². The highest BCUT2D eigenvalue weighted by atomic mass is 15.2. The van der Waals surface area contributed by atoms with Crippen molar-refractivity contribution in [3.63, 3.8) is 0 Å². The summed E-state index contributed by atoms with van der Waals surface area (Å²) in [4.78, 5) is 0. The molecule has 0 saturated carbocycles. The van der Waals surface area contributed by atoms with Gasteiger partial charge in [-0.2, -0.15) is 0 Å². The van der Waals surface area contributed by atoms with Gasteiger partial charge in [0, 0.05) is 11.6 Å². The van der Waals surface area contributed by atoms with E-state index in [1.807, 2.05) is 0 Å². The van der Waals surface area contributed by atoms with Crippen LogP contribution in [0.15, 0.2) is 0 Å². The second-order valence-corrected chi connectivity index (χ2v) is 6.50. The number of hydrogen-bond acceptors (Lipinski definition) is 2. The van der Waals surface area contributed by atoms with Crippen LogP contribution in [0.5, 0.6) is 0 Å². The first-order valence-electron chi connectivity index (χ1n) is 6.12. The predicted octanol–water partition coefficient (Wildman–Crippen LogP) is 3.13. The lowest BCUT2D eigenvalue weighted by molar-refractivity contribution is 0.164. The Hall–Kier alpha value is -0.0800. The minimum Gasteiger partial charge on any atom is -0.299 e. The Labute approximate surface area is 96.2 Å². The van der Waals surface area contributed by atoms with Crippen molar-refractivity contribution in [2.75, 3.05) is 0 Å². The van der Waals surface area contributed by atoms with E-state index in [2.05, 4.69) is 66.0 Å². The summed E-state index contributed by atoms with van der Waals surface area (Å²) >= 11 is 0. The van der Waals surface area contributed by atoms with E-state index in [1.165, 1.54) is 0 Å². The normalized spacial score (nSPS) is 15.8. The molecule has 0 rings (SSSR count). The highest BCUT2D eigenvalue weighted by molar-refractivity contribution is 4.87. The molecule has 0 amide bonds. The van der Waals surface area contributed by atoms with Gasteiger partial charge in [0.25, 0.3) is 0 Å². The molecular formula is C13H30N2. The summed E-state index contributed by atoms with van der Waals surface area (Å²) in [6.45, 7) is 17.9. The van der Waals surface area contributed by atoms with Crippen molar-refractivity contribution in [2.45, 2.75) is 79.6 Å². The van der Waals surface area contributed by atoms with E-state index in [0.29, 0.717) is 12.2 Å². The molecule has 0 fully saturated rings. The summed E-state index contributed by atoms with van der Waals surface area (Å²) in [6, 6.07) is 0.509. The predicted molar refractivity (Wildman–Crippen MR) is 69.0 cm³/mol. The minimum absolute atomic E-state index is 0.194. The van der Waals surface area contributed by atoms with Gasteiger partial charge in [-0.05, 0) is 39.5 Å². The van der Waals surface area contributed by atoms with E-state index in [0.717, 1.165) is 6.42 Å². The lowest BCUT2D eigenvalue weighted by atomic mass is 9.89. The zero-order chi connectivity index (χ0) is 12.3. The van der Waals surface area contributed by atoms with Crippen LogP contribution in [0.25, 0.3) is 0 Å². The zero-order valence-corrected chi connectivity index (χ0v) is 11.9. The molecule has 0 aromatic rings. The van der Waals surface area contributed by atoms with Crippen LogP contribution in [-0.2, 0) is 0 Å². The van der Waals surface area contributed by atoms with E-state index >= 15 is 0 Å². The zero-order valence-electron chi connectivity index (χ0n) is 11.9. The van der Waals surface area contributed by atoms with Crippen molar-refractivity contribution >= 4 is 0 Å². The van der Waals surface area contributed by atoms with Crippen molar-refractivity contribution in [3.05, 3.63) is 0 Å². The number of hydrogen-bond donors (Lipinski definition) is 2. The first-order chi connectivity index (χ1) is 6.58. The van der Waals surface area contributed by atoms with Gasteiger partial charge in [-0.1, -0.05) is 27.7 Å². The van der Waals surface area contributed by atoms with Gasteiger partial charge in [-0.25, -0.2) is 0 Å². The number of nitrogens with one attached hydrogen (secondary N) is 2. The van der Waals surface area contributed by atoms with Crippen LogP contribution in [-0.4, -0.2) is 17.7 Å². The standard InChI is InChI=1S/C13H30N2/c1-9-13(7,8)15-11(12(4,5)6)14-10(2)3/h10-11,14-15H,9H2,1-8H3. The van der Waals surface area contributed by atoms with Crippen molar-refractivity contribution in [3.8, 4) is 0 Å². The summed E-state index contributed by atoms with van der Waals surface area (Å²) in [7, 11) is 0. The topological polar surface area (TPSA) is 24.1 Å². The fourth-order valence-electron chi connectivity index (χ4n) is 1.33. The molecule has 0 heterocycles. The van der Waals surface area contributed by atoms with Crippen molar-refractivity contribution in [1.29, 1.82) is 0 Å². The molecule has 2 heteroatoms. The van der Waals surface area contributed by atoms with Gasteiger partial charge < -0.3 is 0 Å². The Morgan fingerprint density at radius 1 is 1.00 bits per heavy atom. The molecule has 0 radical (unpaired) electrons. The molecule has 0 aliphatic heterocycles. The molecule has 0 aromatic carbocycles. The molecule has 0 aliphatic rings. The van der Waals surface area contributed by atoms with Gasteiger partial charge in [-0.3, -0.25) is 10.6 Å². The lowest BCUT2D eigenvalue weighted by Crippen LogP contribution is -2.59. The van der Waals surface area contributed by atoms with Crippen LogP contribution in [0.4, 0.5) is 0 Å². The Morgan fingerprint density at radius 2 is 1.47 bits per heavy atom. The van der Waals surface area contributed by atoms with E-state index in [1.54, 1.807) is 0 Å². The summed E-state index contributed by atoms with van der Waals surface area (Å²) in [5.41, 5.74) is 0.427. The third kappa shape index (κ3) is 6.16. The van der Waals surface area contributed by atoms with Gasteiger partial charge in [-0.15, -0.1) is 0 Å². The van der Waals surface area contributed by atoms with Crippen LogP contribution >= 0.6 is 0 Å². The van der Waals surface area contributed by atoms with E-state index in [9.17, 15) is 0 Å². The van der Waals surface area contributed by atoms with E-state index < -0.39 is 0 Å². The van der Waals surface area contributed by atoms with Crippen molar-refractivity contribution < 1.29 is 0 Å². The van der Waals surface area contributed by atoms with Crippen molar-refractivity contribution in [2.24, 2.45) is 5.41 Å². The summed E-state index contributed by atoms with van der Waals surface area (Å²) < 4.78 is 0. The van der Waals surface area contributed by atoms with Gasteiger partial charge in [0.1, 0.15) is 0 Å². The Morgan fingerprint density at radius 3 is 1.73 bits per heavy atom. The molecule has 0 aliphatic carbocycles. The second kappa shape index (κ2) is 5.31. The second-order valence-electron chi connectivity index (χ2n) is 6.50. The van der Waals surface area contributed by atoms with Crippen LogP contribution in [0.2, 0.25) is 0 Å². The Bertz CT molecular complexity index is 177. The summed E-state index contributed by atoms with van der Waals surface area (Å²) in [5.74, 6) is 0. The molecule has 1 atom stereocenters. The molecular weight excluding hydrogens is 184 g/mol. The molecule has 0 saturated heterocycles. The first-order valence-corrected chi connectivity index (χ1v) is 6.12. The maximum Gasteiger partial charge on any atom is 0.0627 e. The van der Waals surface area contributed by atoms with Crippen LogP contribution in [0.3, 0.4) is 0 Å². The van der Waals surface area contributed by atoms with Gasteiger partial charge in [0.05, 0.1) is 6.17 Å². The maximum atomic E-state index is 3.70. The fraction of sp³-hybridized carbons (Fsp3) is 1.00.